The molecule has 4 heteroatoms. The minimum atomic E-state index is -1.58. The summed E-state index contributed by atoms with van der Waals surface area (Å²) in [6.07, 6.45) is 0. The quantitative estimate of drug-likeness (QED) is 0.754. The smallest absolute Gasteiger partial charge is 0.192 e. The highest BCUT2D eigenvalue weighted by Crippen LogP contribution is 2.36. The first-order valence-corrected chi connectivity index (χ1v) is 8.69. The Hall–Kier alpha value is 0.0969. The van der Waals surface area contributed by atoms with Crippen LogP contribution in [0, 0.1) is 0 Å². The molecule has 0 aromatic rings. The summed E-state index contributed by atoms with van der Waals surface area (Å²) in [6.45, 7) is 14.7. The van der Waals surface area contributed by atoms with Crippen LogP contribution in [-0.4, -0.2) is 40.7 Å². The van der Waals surface area contributed by atoms with Crippen molar-refractivity contribution in [2.75, 3.05) is 26.4 Å². The molecule has 1 rings (SSSR count). The monoisotopic (exact) mass is 231 g/mol. The third-order valence-electron chi connectivity index (χ3n) is 3.45. The van der Waals surface area contributed by atoms with Gasteiger partial charge in [-0.2, -0.15) is 0 Å². The molecule has 0 aliphatic carbocycles. The minimum Gasteiger partial charge on any atom is -0.415 e. The van der Waals surface area contributed by atoms with Gasteiger partial charge < -0.3 is 14.5 Å². The average Bonchev–Trinajstić information content (AvgIpc) is 2.15. The molecule has 1 aliphatic rings. The second-order valence-electron chi connectivity index (χ2n) is 5.80. The lowest BCUT2D eigenvalue weighted by Gasteiger charge is -2.37. The summed E-state index contributed by atoms with van der Waals surface area (Å²) in [6, 6.07) is 0.382. The minimum absolute atomic E-state index is 0.294. The molecule has 0 aromatic heterocycles. The molecule has 0 saturated carbocycles. The van der Waals surface area contributed by atoms with Crippen molar-refractivity contribution in [2.24, 2.45) is 0 Å². The van der Waals surface area contributed by atoms with E-state index in [2.05, 4.69) is 39.2 Å². The Labute approximate surface area is 94.7 Å². The number of hydrogen-bond acceptors (Lipinski definition) is 3. The predicted molar refractivity (Wildman–Crippen MR) is 65.8 cm³/mol. The highest BCUT2D eigenvalue weighted by Gasteiger charge is 2.37. The molecule has 1 fully saturated rings. The van der Waals surface area contributed by atoms with Gasteiger partial charge in [0.1, 0.15) is 0 Å². The molecule has 0 bridgehead atoms. The third-order valence-corrected chi connectivity index (χ3v) is 7.95. The number of hydrogen-bond donors (Lipinski definition) is 1. The molecular weight excluding hydrogens is 206 g/mol. The van der Waals surface area contributed by atoms with Gasteiger partial charge in [-0.15, -0.1) is 0 Å². The summed E-state index contributed by atoms with van der Waals surface area (Å²) >= 11 is 0. The average molecular weight is 231 g/mol. The van der Waals surface area contributed by atoms with Crippen LogP contribution in [0.3, 0.4) is 0 Å². The number of nitrogens with one attached hydrogen (secondary N) is 1. The summed E-state index contributed by atoms with van der Waals surface area (Å²) in [4.78, 5) is 0. The molecule has 15 heavy (non-hydrogen) atoms. The largest absolute Gasteiger partial charge is 0.415 e. The Kier molecular flexibility index (Phi) is 4.35. The van der Waals surface area contributed by atoms with Gasteiger partial charge in [0.25, 0.3) is 0 Å². The fourth-order valence-electron chi connectivity index (χ4n) is 1.25. The molecule has 0 radical (unpaired) electrons. The van der Waals surface area contributed by atoms with Crippen LogP contribution in [-0.2, 0) is 9.16 Å². The predicted octanol–water partition coefficient (Wildman–Crippen LogP) is 2.00. The van der Waals surface area contributed by atoms with Gasteiger partial charge in [-0.05, 0) is 18.1 Å². The molecule has 1 saturated heterocycles. The van der Waals surface area contributed by atoms with Crippen LogP contribution >= 0.6 is 0 Å². The lowest BCUT2D eigenvalue weighted by atomic mass is 10.2. The summed E-state index contributed by atoms with van der Waals surface area (Å²) in [7, 11) is -1.58. The highest BCUT2D eigenvalue weighted by molar-refractivity contribution is 6.74. The number of ether oxygens (including phenoxy) is 1. The maximum absolute atomic E-state index is 6.13. The van der Waals surface area contributed by atoms with Crippen molar-refractivity contribution in [1.29, 1.82) is 0 Å². The van der Waals surface area contributed by atoms with Crippen molar-refractivity contribution in [3.63, 3.8) is 0 Å². The van der Waals surface area contributed by atoms with Crippen LogP contribution in [0.4, 0.5) is 0 Å². The molecule has 1 aliphatic heterocycles. The van der Waals surface area contributed by atoms with Gasteiger partial charge in [0.2, 0.25) is 0 Å². The number of morpholine rings is 1. The van der Waals surface area contributed by atoms with Gasteiger partial charge in [-0.25, -0.2) is 0 Å². The molecular formula is C11H25NO2Si. The van der Waals surface area contributed by atoms with E-state index in [0.717, 1.165) is 26.4 Å². The Morgan fingerprint density at radius 3 is 2.53 bits per heavy atom. The van der Waals surface area contributed by atoms with E-state index >= 15 is 0 Å². The fourth-order valence-corrected chi connectivity index (χ4v) is 2.30. The van der Waals surface area contributed by atoms with Crippen LogP contribution in [0.2, 0.25) is 18.1 Å². The van der Waals surface area contributed by atoms with E-state index in [9.17, 15) is 0 Å². The standard InChI is InChI=1S/C11H25NO2Si/c1-11(2,3)15(4,5)14-9-10-8-13-7-6-12-10/h10,12H,6-9H2,1-5H3. The normalized spacial score (nSPS) is 24.2. The molecule has 1 N–H and O–H groups in total. The highest BCUT2D eigenvalue weighted by atomic mass is 28.4. The van der Waals surface area contributed by atoms with Gasteiger partial charge in [0, 0.05) is 6.54 Å². The molecule has 0 spiro atoms. The molecule has 1 unspecified atom stereocenters. The first kappa shape index (κ1) is 13.2. The summed E-state index contributed by atoms with van der Waals surface area (Å²) in [5.74, 6) is 0. The number of rotatable bonds is 3. The van der Waals surface area contributed by atoms with Gasteiger partial charge >= 0.3 is 0 Å². The van der Waals surface area contributed by atoms with E-state index in [1.54, 1.807) is 0 Å². The maximum atomic E-state index is 6.13. The van der Waals surface area contributed by atoms with Crippen molar-refractivity contribution in [3.05, 3.63) is 0 Å². The van der Waals surface area contributed by atoms with Crippen LogP contribution in [0.5, 0.6) is 0 Å². The van der Waals surface area contributed by atoms with Gasteiger partial charge in [0.05, 0.1) is 25.9 Å². The second kappa shape index (κ2) is 4.95. The van der Waals surface area contributed by atoms with E-state index in [1.165, 1.54) is 0 Å². The fraction of sp³-hybridized carbons (Fsp3) is 1.00. The van der Waals surface area contributed by atoms with Crippen molar-refractivity contribution in [1.82, 2.24) is 5.32 Å². The zero-order valence-electron chi connectivity index (χ0n) is 10.7. The Balaban J connectivity index is 2.35. The molecule has 0 aromatic carbocycles. The van der Waals surface area contributed by atoms with Crippen molar-refractivity contribution in [3.8, 4) is 0 Å². The van der Waals surface area contributed by atoms with Gasteiger partial charge in [-0.3, -0.25) is 0 Å². The lowest BCUT2D eigenvalue weighted by molar-refractivity contribution is 0.0569. The van der Waals surface area contributed by atoms with Gasteiger partial charge in [0.15, 0.2) is 8.32 Å². The Morgan fingerprint density at radius 1 is 1.40 bits per heavy atom. The summed E-state index contributed by atoms with van der Waals surface area (Å²) in [5.41, 5.74) is 0. The van der Waals surface area contributed by atoms with E-state index in [4.69, 9.17) is 9.16 Å². The molecule has 1 heterocycles. The van der Waals surface area contributed by atoms with Crippen molar-refractivity contribution in [2.45, 2.75) is 44.9 Å². The van der Waals surface area contributed by atoms with Crippen molar-refractivity contribution >= 4 is 8.32 Å². The second-order valence-corrected chi connectivity index (χ2v) is 10.6. The summed E-state index contributed by atoms with van der Waals surface area (Å²) < 4.78 is 11.5. The Bertz CT molecular complexity index is 195. The Morgan fingerprint density at radius 2 is 2.07 bits per heavy atom. The topological polar surface area (TPSA) is 30.5 Å². The van der Waals surface area contributed by atoms with E-state index in [1.807, 2.05) is 0 Å². The third kappa shape index (κ3) is 3.87. The SMILES string of the molecule is CC(C)(C)[Si](C)(C)OCC1COCCN1. The van der Waals surface area contributed by atoms with E-state index < -0.39 is 8.32 Å². The van der Waals surface area contributed by atoms with Crippen molar-refractivity contribution < 1.29 is 9.16 Å². The molecule has 0 amide bonds. The maximum Gasteiger partial charge on any atom is 0.192 e. The zero-order valence-corrected chi connectivity index (χ0v) is 11.7. The zero-order chi connectivity index (χ0) is 11.5. The van der Waals surface area contributed by atoms with Crippen LogP contribution in [0.15, 0.2) is 0 Å². The molecule has 1 atom stereocenters. The lowest BCUT2D eigenvalue weighted by Crippen LogP contribution is -2.49. The summed E-state index contributed by atoms with van der Waals surface area (Å²) in [5, 5.41) is 3.71. The van der Waals surface area contributed by atoms with Crippen LogP contribution < -0.4 is 5.32 Å². The first-order chi connectivity index (χ1) is 6.83. The van der Waals surface area contributed by atoms with Crippen LogP contribution in [0.1, 0.15) is 20.8 Å². The first-order valence-electron chi connectivity index (χ1n) is 5.78. The van der Waals surface area contributed by atoms with Crippen LogP contribution in [0.25, 0.3) is 0 Å². The van der Waals surface area contributed by atoms with Gasteiger partial charge in [-0.1, -0.05) is 20.8 Å². The molecule has 3 nitrogen and oxygen atoms in total. The van der Waals surface area contributed by atoms with E-state index in [-0.39, 0.29) is 0 Å². The molecule has 90 valence electrons. The van der Waals surface area contributed by atoms with E-state index in [0.29, 0.717) is 11.1 Å².